The molecule has 0 aliphatic carbocycles. The minimum atomic E-state index is -0.776. The summed E-state index contributed by atoms with van der Waals surface area (Å²) in [4.78, 5) is 26.7. The smallest absolute Gasteiger partial charge is 0.278 e. The minimum absolute atomic E-state index is 0.219. The Kier molecular flexibility index (Phi) is 6.86. The van der Waals surface area contributed by atoms with Crippen LogP contribution in [-0.4, -0.2) is 39.7 Å². The standard InChI is InChI=1S/C26H29N5O4/c1-6-21(25(32)27-15-18-14-20(34-4)12-13-22(18)35-5)31-26(33)23-17(3)30(19-10-8-7-9-11-19)29-24(23)16(2)28-31/h7-14,21H,6,15H2,1-5H3,(H,27,32). The highest BCUT2D eigenvalue weighted by atomic mass is 16.5. The molecular formula is C26H29N5O4. The Morgan fingerprint density at radius 3 is 2.46 bits per heavy atom. The Balaban J connectivity index is 1.68. The number of fused-ring (bicyclic) bond motifs is 1. The lowest BCUT2D eigenvalue weighted by Gasteiger charge is -2.18. The SMILES string of the molecule is CCC(C(=O)NCc1cc(OC)ccc1OC)n1nc(C)c2nn(-c3ccccc3)c(C)c2c1=O. The van der Waals surface area contributed by atoms with E-state index in [9.17, 15) is 9.59 Å². The zero-order valence-electron chi connectivity index (χ0n) is 20.5. The largest absolute Gasteiger partial charge is 0.497 e. The third-order valence-electron chi connectivity index (χ3n) is 6.06. The Morgan fingerprint density at radius 1 is 1.06 bits per heavy atom. The Hall–Kier alpha value is -4.14. The Labute approximate surface area is 203 Å². The third kappa shape index (κ3) is 4.49. The van der Waals surface area contributed by atoms with Crippen LogP contribution in [-0.2, 0) is 11.3 Å². The average molecular weight is 476 g/mol. The summed E-state index contributed by atoms with van der Waals surface area (Å²) in [6.07, 6.45) is 0.394. The van der Waals surface area contributed by atoms with Gasteiger partial charge in [-0.2, -0.15) is 10.2 Å². The molecule has 2 aromatic carbocycles. The predicted octanol–water partition coefficient (Wildman–Crippen LogP) is 3.48. The van der Waals surface area contributed by atoms with E-state index in [4.69, 9.17) is 9.47 Å². The molecule has 1 atom stereocenters. The highest BCUT2D eigenvalue weighted by molar-refractivity contribution is 5.84. The maximum atomic E-state index is 13.5. The summed E-state index contributed by atoms with van der Waals surface area (Å²) in [5, 5.41) is 12.5. The van der Waals surface area contributed by atoms with Crippen molar-refractivity contribution in [3.63, 3.8) is 0 Å². The van der Waals surface area contributed by atoms with Gasteiger partial charge in [-0.05, 0) is 50.6 Å². The van der Waals surface area contributed by atoms with Gasteiger partial charge in [0.25, 0.3) is 5.56 Å². The summed E-state index contributed by atoms with van der Waals surface area (Å²) in [5.41, 5.74) is 3.09. The second-order valence-corrected chi connectivity index (χ2v) is 8.21. The van der Waals surface area contributed by atoms with E-state index in [0.29, 0.717) is 40.2 Å². The van der Waals surface area contributed by atoms with Crippen LogP contribution < -0.4 is 20.3 Å². The van der Waals surface area contributed by atoms with Gasteiger partial charge in [-0.1, -0.05) is 25.1 Å². The molecule has 0 saturated carbocycles. The molecule has 0 bridgehead atoms. The van der Waals surface area contributed by atoms with Gasteiger partial charge in [0.15, 0.2) is 0 Å². The van der Waals surface area contributed by atoms with Crippen LogP contribution in [0.2, 0.25) is 0 Å². The number of hydrogen-bond donors (Lipinski definition) is 1. The molecule has 0 radical (unpaired) electrons. The lowest BCUT2D eigenvalue weighted by Crippen LogP contribution is -2.38. The van der Waals surface area contributed by atoms with Crippen molar-refractivity contribution in [2.45, 2.75) is 39.8 Å². The van der Waals surface area contributed by atoms with Gasteiger partial charge in [-0.15, -0.1) is 0 Å². The molecule has 9 heteroatoms. The number of nitrogens with zero attached hydrogens (tertiary/aromatic N) is 4. The number of benzene rings is 2. The monoisotopic (exact) mass is 475 g/mol. The molecule has 182 valence electrons. The van der Waals surface area contributed by atoms with E-state index < -0.39 is 6.04 Å². The van der Waals surface area contributed by atoms with Gasteiger partial charge in [-0.3, -0.25) is 9.59 Å². The molecule has 35 heavy (non-hydrogen) atoms. The normalized spacial score (nSPS) is 11.9. The molecule has 0 saturated heterocycles. The maximum Gasteiger partial charge on any atom is 0.278 e. The van der Waals surface area contributed by atoms with Crippen LogP contribution in [0.3, 0.4) is 0 Å². The lowest BCUT2D eigenvalue weighted by molar-refractivity contribution is -0.125. The van der Waals surface area contributed by atoms with E-state index >= 15 is 0 Å². The van der Waals surface area contributed by atoms with Crippen molar-refractivity contribution in [1.29, 1.82) is 0 Å². The summed E-state index contributed by atoms with van der Waals surface area (Å²) >= 11 is 0. The quantitative estimate of drug-likeness (QED) is 0.419. The second kappa shape index (κ2) is 10.0. The number of carbonyl (C=O) groups is 1. The maximum absolute atomic E-state index is 13.5. The van der Waals surface area contributed by atoms with Gasteiger partial charge in [-0.25, -0.2) is 9.36 Å². The summed E-state index contributed by atoms with van der Waals surface area (Å²) in [5.74, 6) is 0.987. The molecule has 9 nitrogen and oxygen atoms in total. The summed E-state index contributed by atoms with van der Waals surface area (Å²) in [6, 6.07) is 14.2. The first-order valence-corrected chi connectivity index (χ1v) is 11.4. The first kappa shape index (κ1) is 24.0. The molecule has 0 spiro atoms. The van der Waals surface area contributed by atoms with E-state index in [0.717, 1.165) is 11.3 Å². The van der Waals surface area contributed by atoms with Crippen LogP contribution in [0.15, 0.2) is 53.3 Å². The number of ether oxygens (including phenoxy) is 2. The minimum Gasteiger partial charge on any atom is -0.497 e. The summed E-state index contributed by atoms with van der Waals surface area (Å²) in [7, 11) is 3.15. The number of rotatable bonds is 8. The molecule has 1 N–H and O–H groups in total. The number of para-hydroxylation sites is 1. The number of aromatic nitrogens is 4. The van der Waals surface area contributed by atoms with Crippen LogP contribution in [0.1, 0.15) is 36.3 Å². The van der Waals surface area contributed by atoms with Crippen LogP contribution in [0, 0.1) is 13.8 Å². The zero-order valence-corrected chi connectivity index (χ0v) is 20.5. The molecule has 0 aliphatic heterocycles. The fourth-order valence-corrected chi connectivity index (χ4v) is 4.20. The molecule has 4 aromatic rings. The highest BCUT2D eigenvalue weighted by Crippen LogP contribution is 2.24. The average Bonchev–Trinajstić information content (AvgIpc) is 3.24. The van der Waals surface area contributed by atoms with Crippen molar-refractivity contribution in [3.05, 3.63) is 75.8 Å². The summed E-state index contributed by atoms with van der Waals surface area (Å²) < 4.78 is 13.7. The van der Waals surface area contributed by atoms with E-state index in [-0.39, 0.29) is 18.0 Å². The summed E-state index contributed by atoms with van der Waals surface area (Å²) in [6.45, 7) is 5.72. The van der Waals surface area contributed by atoms with E-state index in [1.54, 1.807) is 38.0 Å². The molecule has 2 aromatic heterocycles. The predicted molar refractivity (Wildman–Crippen MR) is 133 cm³/mol. The second-order valence-electron chi connectivity index (χ2n) is 8.21. The molecular weight excluding hydrogens is 446 g/mol. The molecule has 0 aliphatic rings. The number of nitrogens with one attached hydrogen (secondary N) is 1. The third-order valence-corrected chi connectivity index (χ3v) is 6.06. The number of aryl methyl sites for hydroxylation is 2. The number of hydrogen-bond acceptors (Lipinski definition) is 6. The van der Waals surface area contributed by atoms with E-state index in [2.05, 4.69) is 15.5 Å². The Bertz CT molecular complexity index is 1430. The first-order chi connectivity index (χ1) is 16.9. The van der Waals surface area contributed by atoms with Gasteiger partial charge in [0.2, 0.25) is 5.91 Å². The van der Waals surface area contributed by atoms with Crippen molar-refractivity contribution in [1.82, 2.24) is 24.9 Å². The topological polar surface area (TPSA) is 100 Å². The van der Waals surface area contributed by atoms with Gasteiger partial charge >= 0.3 is 0 Å². The van der Waals surface area contributed by atoms with Gasteiger partial charge in [0.05, 0.1) is 36.7 Å². The number of amides is 1. The van der Waals surface area contributed by atoms with Gasteiger partial charge < -0.3 is 14.8 Å². The van der Waals surface area contributed by atoms with Crippen molar-refractivity contribution >= 4 is 16.8 Å². The van der Waals surface area contributed by atoms with Crippen molar-refractivity contribution in [2.24, 2.45) is 0 Å². The first-order valence-electron chi connectivity index (χ1n) is 11.4. The molecule has 0 fully saturated rings. The number of methoxy groups -OCH3 is 2. The van der Waals surface area contributed by atoms with E-state index in [1.807, 2.05) is 50.2 Å². The van der Waals surface area contributed by atoms with Crippen LogP contribution >= 0.6 is 0 Å². The van der Waals surface area contributed by atoms with Crippen molar-refractivity contribution < 1.29 is 14.3 Å². The van der Waals surface area contributed by atoms with Crippen LogP contribution in [0.4, 0.5) is 0 Å². The molecule has 2 heterocycles. The van der Waals surface area contributed by atoms with Crippen molar-refractivity contribution in [3.8, 4) is 17.2 Å². The molecule has 1 unspecified atom stereocenters. The Morgan fingerprint density at radius 2 is 1.80 bits per heavy atom. The van der Waals surface area contributed by atoms with E-state index in [1.165, 1.54) is 4.68 Å². The molecule has 4 rings (SSSR count). The van der Waals surface area contributed by atoms with Crippen molar-refractivity contribution in [2.75, 3.05) is 14.2 Å². The fraction of sp³-hybridized carbons (Fsp3) is 0.308. The zero-order chi connectivity index (χ0) is 25.1. The van der Waals surface area contributed by atoms with Crippen LogP contribution in [0.25, 0.3) is 16.6 Å². The van der Waals surface area contributed by atoms with Gasteiger partial charge in [0, 0.05) is 12.1 Å². The van der Waals surface area contributed by atoms with Gasteiger partial charge in [0.1, 0.15) is 23.1 Å². The fourth-order valence-electron chi connectivity index (χ4n) is 4.20. The highest BCUT2D eigenvalue weighted by Gasteiger charge is 2.25. The number of carbonyl (C=O) groups excluding carboxylic acids is 1. The van der Waals surface area contributed by atoms with Crippen LogP contribution in [0.5, 0.6) is 11.5 Å². The lowest BCUT2D eigenvalue weighted by atomic mass is 10.1. The molecule has 1 amide bonds.